The summed E-state index contributed by atoms with van der Waals surface area (Å²) in [6.07, 6.45) is 3.38. The summed E-state index contributed by atoms with van der Waals surface area (Å²) in [5, 5.41) is 4.40. The molecule has 3 aromatic rings. The van der Waals surface area contributed by atoms with Gasteiger partial charge in [0.15, 0.2) is 0 Å². The number of fused-ring (bicyclic) bond motifs is 1. The fraction of sp³-hybridized carbons (Fsp3) is 0.286. The lowest BCUT2D eigenvalue weighted by Gasteiger charge is -2.22. The highest BCUT2D eigenvalue weighted by Gasteiger charge is 2.29. The Balaban J connectivity index is 1.66. The Labute approximate surface area is 142 Å². The SMILES string of the molecule is CN(C)c1onc2c1CCCC2c1ccc(-c2ccccc2)cc1. The summed E-state index contributed by atoms with van der Waals surface area (Å²) in [4.78, 5) is 2.02. The van der Waals surface area contributed by atoms with Gasteiger partial charge in [-0.15, -0.1) is 0 Å². The van der Waals surface area contributed by atoms with Gasteiger partial charge in [-0.2, -0.15) is 0 Å². The number of hydrogen-bond donors (Lipinski definition) is 0. The smallest absolute Gasteiger partial charge is 0.230 e. The van der Waals surface area contributed by atoms with E-state index in [2.05, 4.69) is 53.7 Å². The fourth-order valence-electron chi connectivity index (χ4n) is 3.66. The first-order chi connectivity index (χ1) is 11.7. The minimum Gasteiger partial charge on any atom is -0.347 e. The molecule has 0 N–H and O–H groups in total. The molecule has 3 nitrogen and oxygen atoms in total. The first-order valence-electron chi connectivity index (χ1n) is 8.55. The van der Waals surface area contributed by atoms with E-state index >= 15 is 0 Å². The highest BCUT2D eigenvalue weighted by molar-refractivity contribution is 5.64. The van der Waals surface area contributed by atoms with Gasteiger partial charge in [0.2, 0.25) is 5.88 Å². The van der Waals surface area contributed by atoms with Gasteiger partial charge in [-0.05, 0) is 36.0 Å². The molecule has 1 aromatic heterocycles. The maximum atomic E-state index is 5.60. The van der Waals surface area contributed by atoms with Crippen LogP contribution in [0.4, 0.5) is 5.88 Å². The summed E-state index contributed by atoms with van der Waals surface area (Å²) in [5.41, 5.74) is 6.24. The van der Waals surface area contributed by atoms with Crippen molar-refractivity contribution < 1.29 is 4.52 Å². The average molecular weight is 318 g/mol. The Morgan fingerprint density at radius 3 is 2.38 bits per heavy atom. The van der Waals surface area contributed by atoms with Gasteiger partial charge in [0.25, 0.3) is 0 Å². The molecular formula is C21H22N2O. The van der Waals surface area contributed by atoms with Crippen LogP contribution >= 0.6 is 0 Å². The number of hydrogen-bond acceptors (Lipinski definition) is 3. The monoisotopic (exact) mass is 318 g/mol. The van der Waals surface area contributed by atoms with E-state index in [1.54, 1.807) is 0 Å². The second-order valence-electron chi connectivity index (χ2n) is 6.68. The zero-order valence-electron chi connectivity index (χ0n) is 14.2. The van der Waals surface area contributed by atoms with Crippen LogP contribution in [0.25, 0.3) is 11.1 Å². The molecule has 1 aliphatic rings. The van der Waals surface area contributed by atoms with E-state index < -0.39 is 0 Å². The molecule has 1 atom stereocenters. The van der Waals surface area contributed by atoms with Crippen molar-refractivity contribution in [3.63, 3.8) is 0 Å². The second-order valence-corrected chi connectivity index (χ2v) is 6.68. The normalized spacial score (nSPS) is 16.7. The van der Waals surface area contributed by atoms with E-state index in [9.17, 15) is 0 Å². The Kier molecular flexibility index (Phi) is 3.85. The Bertz CT molecular complexity index is 819. The van der Waals surface area contributed by atoms with Gasteiger partial charge >= 0.3 is 0 Å². The molecule has 4 rings (SSSR count). The second kappa shape index (κ2) is 6.16. The van der Waals surface area contributed by atoms with Crippen LogP contribution in [0, 0.1) is 0 Å². The molecule has 122 valence electrons. The van der Waals surface area contributed by atoms with Crippen LogP contribution in [0.3, 0.4) is 0 Å². The Morgan fingerprint density at radius 2 is 1.67 bits per heavy atom. The van der Waals surface area contributed by atoms with Crippen LogP contribution < -0.4 is 4.90 Å². The number of nitrogens with zero attached hydrogens (tertiary/aromatic N) is 2. The first-order valence-corrected chi connectivity index (χ1v) is 8.55. The zero-order valence-corrected chi connectivity index (χ0v) is 14.2. The number of rotatable bonds is 3. The van der Waals surface area contributed by atoms with E-state index in [0.29, 0.717) is 5.92 Å². The van der Waals surface area contributed by atoms with Crippen molar-refractivity contribution in [2.24, 2.45) is 0 Å². The van der Waals surface area contributed by atoms with Gasteiger partial charge < -0.3 is 9.42 Å². The van der Waals surface area contributed by atoms with Crippen LogP contribution in [0.5, 0.6) is 0 Å². The van der Waals surface area contributed by atoms with Crippen molar-refractivity contribution in [3.8, 4) is 11.1 Å². The quantitative estimate of drug-likeness (QED) is 0.689. The fourth-order valence-corrected chi connectivity index (χ4v) is 3.66. The molecule has 0 bridgehead atoms. The summed E-state index contributed by atoms with van der Waals surface area (Å²) in [7, 11) is 4.03. The van der Waals surface area contributed by atoms with Gasteiger partial charge in [0.05, 0.1) is 5.69 Å². The van der Waals surface area contributed by atoms with Gasteiger partial charge in [-0.3, -0.25) is 0 Å². The van der Waals surface area contributed by atoms with Gasteiger partial charge in [-0.1, -0.05) is 59.8 Å². The molecule has 3 heteroatoms. The van der Waals surface area contributed by atoms with Crippen LogP contribution in [0.1, 0.15) is 35.6 Å². The molecular weight excluding hydrogens is 296 g/mol. The number of aromatic nitrogens is 1. The molecule has 1 heterocycles. The third-order valence-electron chi connectivity index (χ3n) is 4.87. The van der Waals surface area contributed by atoms with E-state index in [1.165, 1.54) is 28.7 Å². The van der Waals surface area contributed by atoms with Crippen molar-refractivity contribution in [1.82, 2.24) is 5.16 Å². The summed E-state index contributed by atoms with van der Waals surface area (Å²) in [6.45, 7) is 0. The molecule has 0 amide bonds. The molecule has 0 fully saturated rings. The Hall–Kier alpha value is -2.55. The molecule has 2 aromatic carbocycles. The zero-order chi connectivity index (χ0) is 16.5. The lowest BCUT2D eigenvalue weighted by molar-refractivity contribution is 0.411. The third-order valence-corrected chi connectivity index (χ3v) is 4.87. The molecule has 0 saturated heterocycles. The maximum Gasteiger partial charge on any atom is 0.230 e. The Morgan fingerprint density at radius 1 is 0.958 bits per heavy atom. The minimum atomic E-state index is 0.344. The first kappa shape index (κ1) is 15.0. The van der Waals surface area contributed by atoms with Crippen LogP contribution in [-0.4, -0.2) is 19.3 Å². The lowest BCUT2D eigenvalue weighted by Crippen LogP contribution is -2.14. The summed E-state index contributed by atoms with van der Waals surface area (Å²) in [6, 6.07) is 19.4. The van der Waals surface area contributed by atoms with Crippen molar-refractivity contribution >= 4 is 5.88 Å². The molecule has 0 aliphatic heterocycles. The number of benzene rings is 2. The topological polar surface area (TPSA) is 29.3 Å². The molecule has 1 aliphatic carbocycles. The lowest BCUT2D eigenvalue weighted by atomic mass is 9.82. The van der Waals surface area contributed by atoms with Crippen molar-refractivity contribution in [3.05, 3.63) is 71.4 Å². The number of anilines is 1. The molecule has 24 heavy (non-hydrogen) atoms. The molecule has 0 saturated carbocycles. The van der Waals surface area contributed by atoms with E-state index in [0.717, 1.165) is 24.4 Å². The molecule has 0 radical (unpaired) electrons. The highest BCUT2D eigenvalue weighted by Crippen LogP contribution is 2.40. The largest absolute Gasteiger partial charge is 0.347 e. The maximum absolute atomic E-state index is 5.60. The average Bonchev–Trinajstić information content (AvgIpc) is 3.07. The van der Waals surface area contributed by atoms with E-state index in [1.807, 2.05) is 25.1 Å². The minimum absolute atomic E-state index is 0.344. The summed E-state index contributed by atoms with van der Waals surface area (Å²) in [5.74, 6) is 1.26. The summed E-state index contributed by atoms with van der Waals surface area (Å²) >= 11 is 0. The van der Waals surface area contributed by atoms with Gasteiger partial charge in [0.1, 0.15) is 0 Å². The summed E-state index contributed by atoms with van der Waals surface area (Å²) < 4.78 is 5.60. The van der Waals surface area contributed by atoms with Crippen molar-refractivity contribution in [1.29, 1.82) is 0 Å². The van der Waals surface area contributed by atoms with E-state index in [-0.39, 0.29) is 0 Å². The third kappa shape index (κ3) is 2.60. The van der Waals surface area contributed by atoms with Crippen molar-refractivity contribution in [2.45, 2.75) is 25.2 Å². The predicted octanol–water partition coefficient (Wildman–Crippen LogP) is 4.88. The standard InChI is InChI=1S/C21H22N2O/c1-23(2)21-19-10-6-9-18(20(19)22-24-21)17-13-11-16(12-14-17)15-7-4-3-5-8-15/h3-5,7-8,11-14,18H,6,9-10H2,1-2H3. The molecule has 0 spiro atoms. The van der Waals surface area contributed by atoms with Crippen LogP contribution in [0.2, 0.25) is 0 Å². The highest BCUT2D eigenvalue weighted by atomic mass is 16.5. The van der Waals surface area contributed by atoms with Gasteiger partial charge in [-0.25, -0.2) is 0 Å². The van der Waals surface area contributed by atoms with E-state index in [4.69, 9.17) is 4.52 Å². The van der Waals surface area contributed by atoms with Crippen molar-refractivity contribution in [2.75, 3.05) is 19.0 Å². The van der Waals surface area contributed by atoms with Crippen LogP contribution in [0.15, 0.2) is 59.1 Å². The van der Waals surface area contributed by atoms with Crippen LogP contribution in [-0.2, 0) is 6.42 Å². The van der Waals surface area contributed by atoms with Gasteiger partial charge in [0, 0.05) is 25.6 Å². The molecule has 1 unspecified atom stereocenters. The predicted molar refractivity (Wildman–Crippen MR) is 97.5 cm³/mol.